The maximum atomic E-state index is 12.7. The van der Waals surface area contributed by atoms with Crippen molar-refractivity contribution in [1.29, 1.82) is 0 Å². The molecule has 5 rings (SSSR count). The van der Waals surface area contributed by atoms with Gasteiger partial charge < -0.3 is 15.5 Å². The van der Waals surface area contributed by atoms with E-state index in [0.717, 1.165) is 30.6 Å². The van der Waals surface area contributed by atoms with Gasteiger partial charge >= 0.3 is 0 Å². The van der Waals surface area contributed by atoms with Crippen molar-refractivity contribution in [3.8, 4) is 5.69 Å². The van der Waals surface area contributed by atoms with E-state index in [9.17, 15) is 14.4 Å². The minimum atomic E-state index is -0.248. The third-order valence-corrected chi connectivity index (χ3v) is 6.10. The normalized spacial score (nSPS) is 14.4. The molecular formula is C25H25N5O3. The molecule has 2 heterocycles. The first-order chi connectivity index (χ1) is 16.1. The summed E-state index contributed by atoms with van der Waals surface area (Å²) < 4.78 is 1.98. The number of aromatic nitrogens is 2. The number of hydrogen-bond acceptors (Lipinski definition) is 4. The van der Waals surface area contributed by atoms with Gasteiger partial charge in [-0.3, -0.25) is 14.4 Å². The largest absolute Gasteiger partial charge is 0.350 e. The van der Waals surface area contributed by atoms with Crippen LogP contribution in [0.5, 0.6) is 0 Å². The van der Waals surface area contributed by atoms with Crippen LogP contribution in [0.3, 0.4) is 0 Å². The fraction of sp³-hybridized carbons (Fsp3) is 0.280. The lowest BCUT2D eigenvalue weighted by atomic mass is 10.1. The van der Waals surface area contributed by atoms with E-state index >= 15 is 0 Å². The maximum Gasteiger partial charge on any atom is 0.244 e. The Labute approximate surface area is 191 Å². The number of nitrogens with one attached hydrogen (secondary N) is 2. The number of carbonyl (C=O) groups is 3. The predicted molar refractivity (Wildman–Crippen MR) is 124 cm³/mol. The van der Waals surface area contributed by atoms with Gasteiger partial charge in [0.25, 0.3) is 0 Å². The average Bonchev–Trinajstić information content (AvgIpc) is 3.44. The molecule has 0 saturated heterocycles. The molecule has 2 N–H and O–H groups in total. The fourth-order valence-corrected chi connectivity index (χ4v) is 4.52. The molecule has 0 radical (unpaired) electrons. The van der Waals surface area contributed by atoms with Gasteiger partial charge in [0.05, 0.1) is 29.3 Å². The Morgan fingerprint density at radius 3 is 2.64 bits per heavy atom. The van der Waals surface area contributed by atoms with Crippen LogP contribution in [-0.2, 0) is 33.8 Å². The number of amides is 3. The molecular weight excluding hydrogens is 418 g/mol. The zero-order valence-corrected chi connectivity index (χ0v) is 18.2. The van der Waals surface area contributed by atoms with Crippen molar-refractivity contribution >= 4 is 29.1 Å². The van der Waals surface area contributed by atoms with Crippen LogP contribution < -0.4 is 15.5 Å². The lowest BCUT2D eigenvalue weighted by Crippen LogP contribution is -2.42. The van der Waals surface area contributed by atoms with E-state index in [1.807, 2.05) is 41.1 Å². The third-order valence-electron chi connectivity index (χ3n) is 6.10. The van der Waals surface area contributed by atoms with Crippen LogP contribution in [0.25, 0.3) is 5.69 Å². The Balaban J connectivity index is 1.20. The number of fused-ring (bicyclic) bond motifs is 2. The van der Waals surface area contributed by atoms with Crippen LogP contribution in [-0.4, -0.2) is 34.0 Å². The van der Waals surface area contributed by atoms with E-state index in [2.05, 4.69) is 10.6 Å². The molecule has 1 aliphatic heterocycles. The highest BCUT2D eigenvalue weighted by Gasteiger charge is 2.27. The molecule has 3 amide bonds. The van der Waals surface area contributed by atoms with Crippen molar-refractivity contribution < 1.29 is 14.4 Å². The van der Waals surface area contributed by atoms with E-state index in [1.54, 1.807) is 18.2 Å². The van der Waals surface area contributed by atoms with Crippen molar-refractivity contribution in [2.24, 2.45) is 0 Å². The van der Waals surface area contributed by atoms with Crippen LogP contribution in [0.4, 0.5) is 11.4 Å². The van der Waals surface area contributed by atoms with E-state index in [-0.39, 0.29) is 37.1 Å². The molecule has 0 spiro atoms. The molecule has 0 saturated carbocycles. The van der Waals surface area contributed by atoms with Gasteiger partial charge in [0, 0.05) is 18.5 Å². The van der Waals surface area contributed by atoms with E-state index in [0.29, 0.717) is 17.9 Å². The van der Waals surface area contributed by atoms with Crippen LogP contribution in [0, 0.1) is 0 Å². The molecule has 0 fully saturated rings. The van der Waals surface area contributed by atoms with Gasteiger partial charge in [0.1, 0.15) is 6.54 Å². The molecule has 1 aromatic heterocycles. The van der Waals surface area contributed by atoms with Gasteiger partial charge in [0.15, 0.2) is 0 Å². The third kappa shape index (κ3) is 4.24. The number of anilines is 2. The van der Waals surface area contributed by atoms with E-state index < -0.39 is 0 Å². The summed E-state index contributed by atoms with van der Waals surface area (Å²) in [4.78, 5) is 38.6. The predicted octanol–water partition coefficient (Wildman–Crippen LogP) is 2.74. The van der Waals surface area contributed by atoms with E-state index in [4.69, 9.17) is 5.10 Å². The lowest BCUT2D eigenvalue weighted by molar-refractivity contribution is -0.125. The summed E-state index contributed by atoms with van der Waals surface area (Å²) in [5, 5.41) is 10.4. The molecule has 3 aromatic rings. The molecule has 168 valence electrons. The Bertz CT molecular complexity index is 1220. The summed E-state index contributed by atoms with van der Waals surface area (Å²) in [6.07, 6.45) is 3.11. The first kappa shape index (κ1) is 20.9. The summed E-state index contributed by atoms with van der Waals surface area (Å²) in [6, 6.07) is 17.2. The van der Waals surface area contributed by atoms with Gasteiger partial charge in [0.2, 0.25) is 17.7 Å². The minimum absolute atomic E-state index is 0.0318. The van der Waals surface area contributed by atoms with Crippen molar-refractivity contribution in [2.45, 2.75) is 38.6 Å². The van der Waals surface area contributed by atoms with Crippen molar-refractivity contribution in [3.63, 3.8) is 0 Å². The Morgan fingerprint density at radius 1 is 1.00 bits per heavy atom. The van der Waals surface area contributed by atoms with Gasteiger partial charge in [-0.25, -0.2) is 4.68 Å². The molecule has 8 heteroatoms. The number of carbonyl (C=O) groups excluding carboxylic acids is 3. The Hall–Kier alpha value is -3.94. The first-order valence-corrected chi connectivity index (χ1v) is 11.2. The molecule has 8 nitrogen and oxygen atoms in total. The number of benzene rings is 2. The summed E-state index contributed by atoms with van der Waals surface area (Å²) in [5.74, 6) is -0.699. The zero-order chi connectivity index (χ0) is 22.8. The first-order valence-electron chi connectivity index (χ1n) is 11.2. The number of rotatable bonds is 6. The van der Waals surface area contributed by atoms with Gasteiger partial charge in [-0.1, -0.05) is 30.3 Å². The summed E-state index contributed by atoms with van der Waals surface area (Å²) >= 11 is 0. The molecule has 0 bridgehead atoms. The van der Waals surface area contributed by atoms with Gasteiger partial charge in [-0.2, -0.15) is 5.10 Å². The molecule has 2 aliphatic rings. The summed E-state index contributed by atoms with van der Waals surface area (Å²) in [5.41, 5.74) is 5.59. The van der Waals surface area contributed by atoms with Crippen molar-refractivity contribution in [2.75, 3.05) is 16.8 Å². The monoisotopic (exact) mass is 443 g/mol. The molecule has 33 heavy (non-hydrogen) atoms. The standard InChI is InChI=1S/C25H25N5O3/c31-23(13-14-25(33)29-16-24(32)27-19-10-4-5-11-22(19)29)26-15-20-18-9-6-12-21(18)30(28-20)17-7-2-1-3-8-17/h1-5,7-8,10-11H,6,9,12-16H2,(H,26,31)(H,27,32). The fourth-order valence-electron chi connectivity index (χ4n) is 4.52. The number of nitrogens with zero attached hydrogens (tertiary/aromatic N) is 3. The highest BCUT2D eigenvalue weighted by Crippen LogP contribution is 2.30. The average molecular weight is 444 g/mol. The molecule has 0 unspecified atom stereocenters. The Kier molecular flexibility index (Phi) is 5.64. The van der Waals surface area contributed by atoms with Crippen LogP contribution >= 0.6 is 0 Å². The maximum absolute atomic E-state index is 12.7. The summed E-state index contributed by atoms with van der Waals surface area (Å²) in [6.45, 7) is 0.296. The zero-order valence-electron chi connectivity index (χ0n) is 18.2. The Morgan fingerprint density at radius 2 is 1.79 bits per heavy atom. The SMILES string of the molecule is O=C(CCC(=O)N1CC(=O)Nc2ccccc21)NCc1nn(-c2ccccc2)c2c1CCC2. The smallest absolute Gasteiger partial charge is 0.244 e. The highest BCUT2D eigenvalue weighted by molar-refractivity contribution is 6.10. The quantitative estimate of drug-likeness (QED) is 0.612. The second-order valence-electron chi connectivity index (χ2n) is 8.29. The summed E-state index contributed by atoms with van der Waals surface area (Å²) in [7, 11) is 0. The van der Waals surface area contributed by atoms with Crippen LogP contribution in [0.2, 0.25) is 0 Å². The van der Waals surface area contributed by atoms with Crippen LogP contribution in [0.1, 0.15) is 36.2 Å². The lowest BCUT2D eigenvalue weighted by Gasteiger charge is -2.29. The van der Waals surface area contributed by atoms with Crippen molar-refractivity contribution in [3.05, 3.63) is 71.5 Å². The molecule has 1 aliphatic carbocycles. The number of hydrogen-bond donors (Lipinski definition) is 2. The van der Waals surface area contributed by atoms with Crippen molar-refractivity contribution in [1.82, 2.24) is 15.1 Å². The molecule has 2 aromatic carbocycles. The van der Waals surface area contributed by atoms with Gasteiger partial charge in [-0.15, -0.1) is 0 Å². The van der Waals surface area contributed by atoms with E-state index in [1.165, 1.54) is 16.2 Å². The van der Waals surface area contributed by atoms with Crippen LogP contribution in [0.15, 0.2) is 54.6 Å². The second kappa shape index (κ2) is 8.90. The minimum Gasteiger partial charge on any atom is -0.350 e. The number of para-hydroxylation sites is 3. The highest BCUT2D eigenvalue weighted by atomic mass is 16.2. The second-order valence-corrected chi connectivity index (χ2v) is 8.29. The van der Waals surface area contributed by atoms with Gasteiger partial charge in [-0.05, 0) is 49.1 Å². The molecule has 0 atom stereocenters. The topological polar surface area (TPSA) is 96.3 Å².